The van der Waals surface area contributed by atoms with Crippen molar-refractivity contribution < 1.29 is 0 Å². The molecule has 0 N–H and O–H groups in total. The quantitative estimate of drug-likeness (QED) is 0.131. The van der Waals surface area contributed by atoms with Gasteiger partial charge in [-0.2, -0.15) is 0 Å². The molecule has 11 rings (SSSR count). The van der Waals surface area contributed by atoms with Gasteiger partial charge in [0.15, 0.2) is 0 Å². The molecule has 0 aromatic heterocycles. The topological polar surface area (TPSA) is 3.24 Å². The predicted molar refractivity (Wildman–Crippen MR) is 269 cm³/mol. The van der Waals surface area contributed by atoms with Crippen LogP contribution < -0.4 is 4.90 Å². The molecule has 63 heavy (non-hydrogen) atoms. The standard InChI is InChI=1S/C62H43N/c1-5-19-45(20-6-1)54-39-35-49(41-59(54)48-25-11-4-12-26-48)44-33-37-52(38-34-44)63(61-32-18-17-29-55(61)46-21-7-2-8-22-46)62-43-51(36-40-56(62)47-23-9-3-10-24-47)60-42-50-27-13-14-28-53(50)57-30-15-16-31-58(57)60/h1-43H. The fraction of sp³-hybridized carbons (Fsp3) is 0. The smallest absolute Gasteiger partial charge is 0.0546 e. The zero-order valence-electron chi connectivity index (χ0n) is 34.8. The second-order valence-electron chi connectivity index (χ2n) is 16.0. The first-order valence-corrected chi connectivity index (χ1v) is 21.7. The largest absolute Gasteiger partial charge is 0.309 e. The van der Waals surface area contributed by atoms with E-state index in [4.69, 9.17) is 0 Å². The third-order valence-corrected chi connectivity index (χ3v) is 12.3. The molecule has 0 saturated heterocycles. The zero-order chi connectivity index (χ0) is 42.0. The molecule has 0 amide bonds. The maximum atomic E-state index is 2.47. The first kappa shape index (κ1) is 37.7. The maximum Gasteiger partial charge on any atom is 0.0546 e. The highest BCUT2D eigenvalue weighted by Crippen LogP contribution is 2.47. The molecule has 0 aliphatic carbocycles. The molecule has 0 saturated carbocycles. The SMILES string of the molecule is c1ccc(-c2ccc(-c3ccc(N(c4ccccc4-c4ccccc4)c4cc(-c5cc6ccccc6c6ccccc56)ccc4-c4ccccc4)cc3)cc2-c2ccccc2)cc1. The van der Waals surface area contributed by atoms with Gasteiger partial charge in [-0.05, 0) is 114 Å². The van der Waals surface area contributed by atoms with Gasteiger partial charge in [0.05, 0.1) is 11.4 Å². The van der Waals surface area contributed by atoms with Crippen molar-refractivity contribution in [1.82, 2.24) is 0 Å². The number of benzene rings is 11. The summed E-state index contributed by atoms with van der Waals surface area (Å²) in [6, 6.07) is 94.7. The summed E-state index contributed by atoms with van der Waals surface area (Å²) in [6.45, 7) is 0. The van der Waals surface area contributed by atoms with E-state index in [0.29, 0.717) is 0 Å². The summed E-state index contributed by atoms with van der Waals surface area (Å²) in [6.07, 6.45) is 0. The fourth-order valence-electron chi connectivity index (χ4n) is 9.23. The Morgan fingerprint density at radius 3 is 1.32 bits per heavy atom. The maximum absolute atomic E-state index is 2.47. The summed E-state index contributed by atoms with van der Waals surface area (Å²) in [4.78, 5) is 2.47. The highest BCUT2D eigenvalue weighted by molar-refractivity contribution is 6.14. The number of rotatable bonds is 9. The van der Waals surface area contributed by atoms with Gasteiger partial charge in [-0.25, -0.2) is 0 Å². The summed E-state index contributed by atoms with van der Waals surface area (Å²) in [5, 5.41) is 4.99. The highest BCUT2D eigenvalue weighted by Gasteiger charge is 2.22. The van der Waals surface area contributed by atoms with Gasteiger partial charge in [0.1, 0.15) is 0 Å². The van der Waals surface area contributed by atoms with Gasteiger partial charge in [-0.3, -0.25) is 0 Å². The lowest BCUT2D eigenvalue weighted by Gasteiger charge is -2.30. The van der Waals surface area contributed by atoms with Gasteiger partial charge in [0.2, 0.25) is 0 Å². The molecular weight excluding hydrogens is 759 g/mol. The molecule has 0 spiro atoms. The Labute approximate surface area is 369 Å². The van der Waals surface area contributed by atoms with E-state index >= 15 is 0 Å². The second kappa shape index (κ2) is 16.7. The minimum atomic E-state index is 1.07. The number of hydrogen-bond acceptors (Lipinski definition) is 1. The Bertz CT molecular complexity index is 3360. The predicted octanol–water partition coefficient (Wildman–Crippen LogP) is 17.5. The Hall–Kier alpha value is -8.26. The van der Waals surface area contributed by atoms with Crippen molar-refractivity contribution in [2.45, 2.75) is 0 Å². The van der Waals surface area contributed by atoms with Gasteiger partial charge < -0.3 is 4.90 Å². The third kappa shape index (κ3) is 7.26. The molecule has 1 heteroatoms. The van der Waals surface area contributed by atoms with Crippen LogP contribution >= 0.6 is 0 Å². The zero-order valence-corrected chi connectivity index (χ0v) is 34.8. The van der Waals surface area contributed by atoms with Gasteiger partial charge in [0, 0.05) is 16.8 Å². The lowest BCUT2D eigenvalue weighted by Crippen LogP contribution is -2.12. The Kier molecular flexibility index (Phi) is 9.97. The van der Waals surface area contributed by atoms with Crippen molar-refractivity contribution >= 4 is 38.6 Å². The van der Waals surface area contributed by atoms with Crippen molar-refractivity contribution in [1.29, 1.82) is 0 Å². The molecule has 296 valence electrons. The van der Waals surface area contributed by atoms with Crippen LogP contribution in [0.25, 0.3) is 88.3 Å². The van der Waals surface area contributed by atoms with Crippen molar-refractivity contribution in [2.24, 2.45) is 0 Å². The van der Waals surface area contributed by atoms with Gasteiger partial charge in [0.25, 0.3) is 0 Å². The molecule has 0 atom stereocenters. The van der Waals surface area contributed by atoms with E-state index in [2.05, 4.69) is 266 Å². The van der Waals surface area contributed by atoms with Crippen LogP contribution in [-0.4, -0.2) is 0 Å². The van der Waals surface area contributed by atoms with Gasteiger partial charge >= 0.3 is 0 Å². The van der Waals surface area contributed by atoms with E-state index in [1.165, 1.54) is 60.5 Å². The van der Waals surface area contributed by atoms with Crippen LogP contribution in [0.4, 0.5) is 17.1 Å². The lowest BCUT2D eigenvalue weighted by atomic mass is 9.90. The van der Waals surface area contributed by atoms with Crippen LogP contribution in [0.15, 0.2) is 261 Å². The molecule has 0 aliphatic heterocycles. The van der Waals surface area contributed by atoms with Crippen LogP contribution in [0.1, 0.15) is 0 Å². The summed E-state index contributed by atoms with van der Waals surface area (Å²) >= 11 is 0. The minimum Gasteiger partial charge on any atom is -0.309 e. The van der Waals surface area contributed by atoms with Crippen LogP contribution in [0.5, 0.6) is 0 Å². The number of hydrogen-bond donors (Lipinski definition) is 0. The van der Waals surface area contributed by atoms with Crippen LogP contribution in [0.2, 0.25) is 0 Å². The number of anilines is 3. The normalized spacial score (nSPS) is 11.2. The van der Waals surface area contributed by atoms with E-state index in [1.807, 2.05) is 0 Å². The molecule has 0 unspecified atom stereocenters. The number of para-hydroxylation sites is 1. The van der Waals surface area contributed by atoms with Crippen LogP contribution in [-0.2, 0) is 0 Å². The van der Waals surface area contributed by atoms with Crippen molar-refractivity contribution in [2.75, 3.05) is 4.90 Å². The van der Waals surface area contributed by atoms with Crippen molar-refractivity contribution in [3.8, 4) is 66.8 Å². The molecule has 0 radical (unpaired) electrons. The van der Waals surface area contributed by atoms with E-state index in [0.717, 1.165) is 44.9 Å². The first-order valence-electron chi connectivity index (χ1n) is 21.7. The number of nitrogens with zero attached hydrogens (tertiary/aromatic N) is 1. The fourth-order valence-corrected chi connectivity index (χ4v) is 9.23. The van der Waals surface area contributed by atoms with Crippen molar-refractivity contribution in [3.05, 3.63) is 261 Å². The van der Waals surface area contributed by atoms with Crippen LogP contribution in [0.3, 0.4) is 0 Å². The van der Waals surface area contributed by atoms with E-state index in [1.54, 1.807) is 0 Å². The third-order valence-electron chi connectivity index (χ3n) is 12.3. The number of fused-ring (bicyclic) bond motifs is 3. The molecular formula is C62H43N. The first-order chi connectivity index (χ1) is 31.3. The van der Waals surface area contributed by atoms with E-state index in [9.17, 15) is 0 Å². The minimum absolute atomic E-state index is 1.07. The van der Waals surface area contributed by atoms with Crippen LogP contribution in [0, 0.1) is 0 Å². The van der Waals surface area contributed by atoms with E-state index in [-0.39, 0.29) is 0 Å². The Balaban J connectivity index is 1.12. The Morgan fingerprint density at radius 2 is 0.667 bits per heavy atom. The average Bonchev–Trinajstić information content (AvgIpc) is 3.37. The molecule has 0 bridgehead atoms. The highest BCUT2D eigenvalue weighted by atomic mass is 15.1. The summed E-state index contributed by atoms with van der Waals surface area (Å²) < 4.78 is 0. The molecule has 0 aliphatic rings. The van der Waals surface area contributed by atoms with E-state index < -0.39 is 0 Å². The van der Waals surface area contributed by atoms with Gasteiger partial charge in [-0.15, -0.1) is 0 Å². The molecule has 0 fully saturated rings. The monoisotopic (exact) mass is 801 g/mol. The summed E-state index contributed by atoms with van der Waals surface area (Å²) in [5.41, 5.74) is 17.5. The lowest BCUT2D eigenvalue weighted by molar-refractivity contribution is 1.28. The average molecular weight is 802 g/mol. The van der Waals surface area contributed by atoms with Gasteiger partial charge in [-0.1, -0.05) is 224 Å². The summed E-state index contributed by atoms with van der Waals surface area (Å²) in [7, 11) is 0. The molecule has 0 heterocycles. The molecule has 1 nitrogen and oxygen atoms in total. The van der Waals surface area contributed by atoms with Crippen molar-refractivity contribution in [3.63, 3.8) is 0 Å². The molecule has 11 aromatic rings. The molecule has 11 aromatic carbocycles. The Morgan fingerprint density at radius 1 is 0.206 bits per heavy atom. The summed E-state index contributed by atoms with van der Waals surface area (Å²) in [5.74, 6) is 0. The second-order valence-corrected chi connectivity index (χ2v) is 16.0.